The number of thioether (sulfide) groups is 2. The Morgan fingerprint density at radius 2 is 2.17 bits per heavy atom. The Labute approximate surface area is 79.8 Å². The van der Waals surface area contributed by atoms with Crippen LogP contribution in [-0.2, 0) is 4.79 Å². The van der Waals surface area contributed by atoms with E-state index in [1.165, 1.54) is 23.5 Å². The monoisotopic (exact) mass is 203 g/mol. The van der Waals surface area contributed by atoms with Crippen molar-refractivity contribution < 1.29 is 4.79 Å². The highest BCUT2D eigenvalue weighted by molar-refractivity contribution is 8.38. The molecule has 0 aromatic carbocycles. The van der Waals surface area contributed by atoms with Gasteiger partial charge >= 0.3 is 0 Å². The minimum absolute atomic E-state index is 0.153. The molecule has 0 heterocycles. The van der Waals surface area contributed by atoms with Gasteiger partial charge in [-0.1, -0.05) is 0 Å². The first-order chi connectivity index (χ1) is 5.74. The van der Waals surface area contributed by atoms with Crippen LogP contribution in [0, 0.1) is 11.3 Å². The third-order valence-electron chi connectivity index (χ3n) is 0.861. The van der Waals surface area contributed by atoms with E-state index in [0.29, 0.717) is 0 Å². The maximum Gasteiger partial charge on any atom is 0.254 e. The zero-order valence-electron chi connectivity index (χ0n) is 6.83. The number of hydrogen-bond donors (Lipinski definition) is 1. The molecule has 0 radical (unpaired) electrons. The molecule has 1 amide bonds. The van der Waals surface area contributed by atoms with Crippen LogP contribution >= 0.6 is 23.5 Å². The Kier molecular flexibility index (Phi) is 6.61. The summed E-state index contributed by atoms with van der Waals surface area (Å²) in [5, 5.41) is 11.9. The van der Waals surface area contributed by atoms with Crippen molar-refractivity contribution in [3.63, 3.8) is 0 Å². The van der Waals surface area contributed by atoms with Gasteiger partial charge in [0, 0.05) is 0 Å². The Morgan fingerprint density at radius 3 is 2.58 bits per heavy atom. The molecule has 0 rings (SSSR count). The Balaban J connectivity index is 3.86. The number of nitrogens with one attached hydrogen (secondary N) is 1. The molecule has 0 aromatic heterocycles. The fourth-order valence-corrected chi connectivity index (χ4v) is 1.33. The summed E-state index contributed by atoms with van der Waals surface area (Å²) in [7, 11) is 0. The van der Waals surface area contributed by atoms with Crippen LogP contribution in [0.5, 0.6) is 0 Å². The van der Waals surface area contributed by atoms with Crippen molar-refractivity contribution in [2.75, 3.05) is 12.5 Å². The van der Waals surface area contributed by atoms with E-state index in [1.54, 1.807) is 6.07 Å². The number of nitrogens with zero attached hydrogens (tertiary/aromatic N) is 2. The fraction of sp³-hybridized carbons (Fsp3) is 0.500. The lowest BCUT2D eigenvalue weighted by Crippen LogP contribution is -2.17. The molecule has 0 saturated heterocycles. The first kappa shape index (κ1) is 11.3. The van der Waals surface area contributed by atoms with E-state index in [1.807, 2.05) is 12.5 Å². The number of carbonyl (C=O) groups excluding carboxylic acids is 1. The molecule has 6 heteroatoms. The van der Waals surface area contributed by atoms with Crippen molar-refractivity contribution in [2.45, 2.75) is 6.42 Å². The molecular weight excluding hydrogens is 194 g/mol. The smallest absolute Gasteiger partial charge is 0.254 e. The lowest BCUT2D eigenvalue weighted by Gasteiger charge is -1.97. The van der Waals surface area contributed by atoms with E-state index in [9.17, 15) is 4.79 Å². The third-order valence-corrected chi connectivity index (χ3v) is 2.74. The molecule has 0 atom stereocenters. The van der Waals surface area contributed by atoms with Crippen LogP contribution in [0.15, 0.2) is 5.10 Å². The van der Waals surface area contributed by atoms with Gasteiger partial charge in [-0.3, -0.25) is 4.79 Å². The number of hydrogen-bond acceptors (Lipinski definition) is 5. The van der Waals surface area contributed by atoms with Crippen molar-refractivity contribution in [3.8, 4) is 6.07 Å². The number of hydrazone groups is 1. The van der Waals surface area contributed by atoms with Gasteiger partial charge < -0.3 is 0 Å². The van der Waals surface area contributed by atoms with Crippen LogP contribution in [0.25, 0.3) is 0 Å². The maximum absolute atomic E-state index is 10.7. The molecule has 0 aliphatic carbocycles. The molecular formula is C6H9N3OS2. The zero-order valence-corrected chi connectivity index (χ0v) is 8.46. The minimum atomic E-state index is -0.377. The fourth-order valence-electron chi connectivity index (χ4n) is 0.394. The average Bonchev–Trinajstić information content (AvgIpc) is 2.07. The molecule has 4 nitrogen and oxygen atoms in total. The molecule has 1 N–H and O–H groups in total. The van der Waals surface area contributed by atoms with E-state index < -0.39 is 0 Å². The number of carbonyl (C=O) groups is 1. The first-order valence-corrected chi connectivity index (χ1v) is 5.51. The van der Waals surface area contributed by atoms with Crippen molar-refractivity contribution in [1.82, 2.24) is 5.43 Å². The highest BCUT2D eigenvalue weighted by Gasteiger charge is 1.98. The second kappa shape index (κ2) is 7.00. The predicted octanol–water partition coefficient (Wildman–Crippen LogP) is 1.01. The molecule has 0 aliphatic heterocycles. The summed E-state index contributed by atoms with van der Waals surface area (Å²) in [6, 6.07) is 1.73. The molecule has 0 bridgehead atoms. The predicted molar refractivity (Wildman–Crippen MR) is 52.8 cm³/mol. The Morgan fingerprint density at radius 1 is 1.58 bits per heavy atom. The molecule has 0 aromatic rings. The number of amides is 1. The van der Waals surface area contributed by atoms with Crippen LogP contribution in [0.4, 0.5) is 0 Å². The largest absolute Gasteiger partial charge is 0.272 e. The van der Waals surface area contributed by atoms with Gasteiger partial charge in [0.2, 0.25) is 0 Å². The topological polar surface area (TPSA) is 65.2 Å². The molecule has 0 fully saturated rings. The number of rotatable bonds is 2. The van der Waals surface area contributed by atoms with Crippen LogP contribution in [0.3, 0.4) is 0 Å². The van der Waals surface area contributed by atoms with Gasteiger partial charge in [-0.05, 0) is 12.5 Å². The normalized spacial score (nSPS) is 8.42. The maximum atomic E-state index is 10.7. The minimum Gasteiger partial charge on any atom is -0.272 e. The highest BCUT2D eigenvalue weighted by atomic mass is 32.2. The van der Waals surface area contributed by atoms with E-state index >= 15 is 0 Å². The van der Waals surface area contributed by atoms with E-state index in [4.69, 9.17) is 5.26 Å². The Bertz CT molecular complexity index is 215. The van der Waals surface area contributed by atoms with Gasteiger partial charge in [0.05, 0.1) is 6.07 Å². The Hall–Kier alpha value is -0.670. The zero-order chi connectivity index (χ0) is 9.40. The van der Waals surface area contributed by atoms with Gasteiger partial charge in [-0.2, -0.15) is 10.4 Å². The summed E-state index contributed by atoms with van der Waals surface area (Å²) in [6.07, 6.45) is 3.58. The van der Waals surface area contributed by atoms with E-state index in [0.717, 1.165) is 4.38 Å². The second-order valence-electron chi connectivity index (χ2n) is 1.66. The van der Waals surface area contributed by atoms with Crippen molar-refractivity contribution in [1.29, 1.82) is 5.26 Å². The molecule has 0 saturated carbocycles. The summed E-state index contributed by atoms with van der Waals surface area (Å²) in [5.74, 6) is -0.377. The molecule has 66 valence electrons. The van der Waals surface area contributed by atoms with Crippen LogP contribution in [0.1, 0.15) is 6.42 Å². The third kappa shape index (κ3) is 5.04. The van der Waals surface area contributed by atoms with Crippen molar-refractivity contribution >= 4 is 33.8 Å². The number of nitriles is 1. The quantitative estimate of drug-likeness (QED) is 0.413. The van der Waals surface area contributed by atoms with Crippen LogP contribution < -0.4 is 5.43 Å². The van der Waals surface area contributed by atoms with Crippen LogP contribution in [0.2, 0.25) is 0 Å². The van der Waals surface area contributed by atoms with Gasteiger partial charge in [0.1, 0.15) is 10.8 Å². The van der Waals surface area contributed by atoms with Crippen LogP contribution in [-0.4, -0.2) is 22.8 Å². The average molecular weight is 203 g/mol. The summed E-state index contributed by atoms with van der Waals surface area (Å²) in [5.41, 5.74) is 2.27. The summed E-state index contributed by atoms with van der Waals surface area (Å²) >= 11 is 2.89. The SMILES string of the molecule is CSC(=NNC(=O)CC#N)SC. The molecule has 0 spiro atoms. The molecule has 12 heavy (non-hydrogen) atoms. The standard InChI is InChI=1S/C6H9N3OS2/c1-11-6(12-2)9-8-5(10)3-4-7/h3H2,1-2H3,(H,8,10). The lowest BCUT2D eigenvalue weighted by atomic mass is 10.5. The van der Waals surface area contributed by atoms with Gasteiger partial charge in [0.15, 0.2) is 0 Å². The summed E-state index contributed by atoms with van der Waals surface area (Å²) < 4.78 is 0.765. The molecule has 0 aliphatic rings. The van der Waals surface area contributed by atoms with Crippen molar-refractivity contribution in [2.24, 2.45) is 5.10 Å². The van der Waals surface area contributed by atoms with Gasteiger partial charge in [-0.15, -0.1) is 23.5 Å². The molecule has 0 unspecified atom stereocenters. The van der Waals surface area contributed by atoms with Crippen molar-refractivity contribution in [3.05, 3.63) is 0 Å². The lowest BCUT2D eigenvalue weighted by molar-refractivity contribution is -0.120. The van der Waals surface area contributed by atoms with Gasteiger partial charge in [0.25, 0.3) is 5.91 Å². The van der Waals surface area contributed by atoms with E-state index in [2.05, 4.69) is 10.5 Å². The summed E-state index contributed by atoms with van der Waals surface area (Å²) in [4.78, 5) is 10.7. The second-order valence-corrected chi connectivity index (χ2v) is 3.50. The first-order valence-electron chi connectivity index (χ1n) is 3.06. The van der Waals surface area contributed by atoms with Gasteiger partial charge in [-0.25, -0.2) is 5.43 Å². The summed E-state index contributed by atoms with van der Waals surface area (Å²) in [6.45, 7) is 0. The van der Waals surface area contributed by atoms with E-state index in [-0.39, 0.29) is 12.3 Å². The highest BCUT2D eigenvalue weighted by Crippen LogP contribution is 2.09.